The number of aromatic amines is 1. The number of halogens is 3. The van der Waals surface area contributed by atoms with Crippen molar-refractivity contribution in [2.75, 3.05) is 10.8 Å². The zero-order chi connectivity index (χ0) is 23.0. The molecule has 4 rings (SSSR count). The molecular weight excluding hydrogens is 521 g/mol. The van der Waals surface area contributed by atoms with E-state index in [1.807, 2.05) is 0 Å². The molecule has 1 aliphatic heterocycles. The van der Waals surface area contributed by atoms with Crippen LogP contribution in [-0.4, -0.2) is 31.5 Å². The van der Waals surface area contributed by atoms with Crippen LogP contribution in [0.15, 0.2) is 36.4 Å². The number of nitrogens with zero attached hydrogens (tertiary/aromatic N) is 4. The van der Waals surface area contributed by atoms with Crippen LogP contribution in [0.3, 0.4) is 0 Å². The Morgan fingerprint density at radius 2 is 1.91 bits per heavy atom. The Hall–Kier alpha value is -2.31. The predicted octanol–water partition coefficient (Wildman–Crippen LogP) is 5.30. The number of nitro benzene ring substituents is 1. The first-order chi connectivity index (χ1) is 15.3. The molecule has 3 aromatic rings. The molecule has 2 aromatic carbocycles. The molecule has 0 bridgehead atoms. The predicted molar refractivity (Wildman–Crippen MR) is 125 cm³/mol. The second-order valence-corrected chi connectivity index (χ2v) is 9.20. The maximum atomic E-state index is 12.7. The molecule has 1 saturated heterocycles. The fourth-order valence-corrected chi connectivity index (χ4v) is 5.38. The first kappa shape index (κ1) is 22.9. The molecule has 0 aliphatic carbocycles. The Morgan fingerprint density at radius 3 is 2.53 bits per heavy atom. The number of carbonyl (C=O) groups is 1. The SMILES string of the molecule is O=C1CSC(c2ccc([N+](=O)[O-])cc2)N1n1c(COc2c(Cl)cc(Cl)cc2Cl)n[nH]c1=S. The molecule has 0 radical (unpaired) electrons. The van der Waals surface area contributed by atoms with Gasteiger partial charge >= 0.3 is 0 Å². The molecule has 32 heavy (non-hydrogen) atoms. The second kappa shape index (κ2) is 9.28. The van der Waals surface area contributed by atoms with Gasteiger partial charge in [0.2, 0.25) is 4.77 Å². The highest BCUT2D eigenvalue weighted by Crippen LogP contribution is 2.39. The number of amides is 1. The van der Waals surface area contributed by atoms with Crippen LogP contribution in [0.5, 0.6) is 5.75 Å². The van der Waals surface area contributed by atoms with Gasteiger partial charge in [0.05, 0.1) is 20.7 Å². The Kier molecular flexibility index (Phi) is 6.63. The van der Waals surface area contributed by atoms with Crippen LogP contribution in [0.2, 0.25) is 15.1 Å². The summed E-state index contributed by atoms with van der Waals surface area (Å²) in [6.45, 7) is -0.102. The Labute approximate surface area is 205 Å². The molecule has 14 heteroatoms. The van der Waals surface area contributed by atoms with Gasteiger partial charge in [-0.3, -0.25) is 20.0 Å². The van der Waals surface area contributed by atoms with E-state index in [2.05, 4.69) is 10.2 Å². The van der Waals surface area contributed by atoms with Crippen LogP contribution < -0.4 is 9.75 Å². The summed E-state index contributed by atoms with van der Waals surface area (Å²) in [6, 6.07) is 8.97. The van der Waals surface area contributed by atoms with Crippen LogP contribution in [-0.2, 0) is 11.4 Å². The smallest absolute Gasteiger partial charge is 0.269 e. The van der Waals surface area contributed by atoms with E-state index in [9.17, 15) is 14.9 Å². The van der Waals surface area contributed by atoms with E-state index < -0.39 is 10.3 Å². The summed E-state index contributed by atoms with van der Waals surface area (Å²) in [7, 11) is 0. The average Bonchev–Trinajstić information content (AvgIpc) is 3.29. The quantitative estimate of drug-likeness (QED) is 0.261. The summed E-state index contributed by atoms with van der Waals surface area (Å²) < 4.78 is 7.37. The number of thioether (sulfide) groups is 1. The topological polar surface area (TPSA) is 106 Å². The van der Waals surface area contributed by atoms with E-state index in [0.717, 1.165) is 0 Å². The van der Waals surface area contributed by atoms with E-state index in [1.54, 1.807) is 12.1 Å². The standard InChI is InChI=1S/C18H12Cl3N5O4S2/c19-10-5-12(20)16(13(21)6-10)30-7-14-22-23-18(31)24(14)25-15(27)8-32-17(25)9-1-3-11(4-2-9)26(28)29/h1-6,17H,7-8H2,(H,23,31). The van der Waals surface area contributed by atoms with Gasteiger partial charge in [0, 0.05) is 17.2 Å². The normalized spacial score (nSPS) is 15.9. The molecule has 1 amide bonds. The fraction of sp³-hybridized carbons (Fsp3) is 0.167. The van der Waals surface area contributed by atoms with Gasteiger partial charge in [0.25, 0.3) is 11.6 Å². The number of benzene rings is 2. The summed E-state index contributed by atoms with van der Waals surface area (Å²) in [5, 5.41) is 19.6. The monoisotopic (exact) mass is 531 g/mol. The second-order valence-electron chi connectivity index (χ2n) is 6.49. The molecule has 1 atom stereocenters. The number of nitro groups is 1. The fourth-order valence-electron chi connectivity index (χ4n) is 3.08. The van der Waals surface area contributed by atoms with Crippen molar-refractivity contribution in [3.8, 4) is 5.75 Å². The van der Waals surface area contributed by atoms with Crippen LogP contribution in [0.1, 0.15) is 16.8 Å². The molecule has 1 N–H and O–H groups in total. The number of hydrogen-bond acceptors (Lipinski definition) is 7. The zero-order valence-corrected chi connectivity index (χ0v) is 19.7. The third-order valence-corrected chi connectivity index (χ3v) is 6.72. The van der Waals surface area contributed by atoms with Gasteiger partial charge < -0.3 is 4.74 Å². The summed E-state index contributed by atoms with van der Waals surface area (Å²) >= 11 is 25.0. The Bertz CT molecular complexity index is 1240. The molecule has 1 aromatic heterocycles. The lowest BCUT2D eigenvalue weighted by Crippen LogP contribution is -2.39. The van der Waals surface area contributed by atoms with Crippen molar-refractivity contribution in [2.24, 2.45) is 0 Å². The van der Waals surface area contributed by atoms with Gasteiger partial charge in [-0.05, 0) is 42.0 Å². The van der Waals surface area contributed by atoms with Crippen molar-refractivity contribution in [2.45, 2.75) is 12.0 Å². The van der Waals surface area contributed by atoms with Crippen LogP contribution in [0.4, 0.5) is 5.69 Å². The van der Waals surface area contributed by atoms with E-state index in [0.29, 0.717) is 16.4 Å². The lowest BCUT2D eigenvalue weighted by atomic mass is 10.2. The molecular formula is C18H12Cl3N5O4S2. The van der Waals surface area contributed by atoms with Gasteiger partial charge in [-0.15, -0.1) is 11.8 Å². The number of carbonyl (C=O) groups excluding carboxylic acids is 1. The maximum absolute atomic E-state index is 12.7. The van der Waals surface area contributed by atoms with Crippen molar-refractivity contribution in [1.82, 2.24) is 14.9 Å². The molecule has 9 nitrogen and oxygen atoms in total. The number of aromatic nitrogens is 3. The van der Waals surface area contributed by atoms with Crippen molar-refractivity contribution >= 4 is 70.4 Å². The van der Waals surface area contributed by atoms with Gasteiger partial charge in [-0.25, -0.2) is 9.69 Å². The van der Waals surface area contributed by atoms with Gasteiger partial charge in [-0.1, -0.05) is 34.8 Å². The minimum atomic E-state index is -0.483. The zero-order valence-electron chi connectivity index (χ0n) is 15.8. The number of ether oxygens (including phenoxy) is 1. The summed E-state index contributed by atoms with van der Waals surface area (Å²) in [6.07, 6.45) is 0. The van der Waals surface area contributed by atoms with Gasteiger partial charge in [0.15, 0.2) is 11.6 Å². The van der Waals surface area contributed by atoms with E-state index in [1.165, 1.54) is 45.7 Å². The number of H-pyrrole nitrogens is 1. The molecule has 166 valence electrons. The van der Waals surface area contributed by atoms with Crippen molar-refractivity contribution in [3.63, 3.8) is 0 Å². The molecule has 1 aliphatic rings. The van der Waals surface area contributed by atoms with Crippen LogP contribution >= 0.6 is 58.8 Å². The van der Waals surface area contributed by atoms with Crippen molar-refractivity contribution in [3.05, 3.63) is 77.7 Å². The van der Waals surface area contributed by atoms with E-state index in [-0.39, 0.29) is 44.5 Å². The lowest BCUT2D eigenvalue weighted by molar-refractivity contribution is -0.384. The van der Waals surface area contributed by atoms with Crippen molar-refractivity contribution < 1.29 is 14.5 Å². The molecule has 0 spiro atoms. The maximum Gasteiger partial charge on any atom is 0.269 e. The number of nitrogens with one attached hydrogen (secondary N) is 1. The molecule has 0 saturated carbocycles. The lowest BCUT2D eigenvalue weighted by Gasteiger charge is -2.25. The van der Waals surface area contributed by atoms with E-state index >= 15 is 0 Å². The minimum Gasteiger partial charge on any atom is -0.482 e. The van der Waals surface area contributed by atoms with Gasteiger partial charge in [0.1, 0.15) is 12.0 Å². The minimum absolute atomic E-state index is 0.0413. The van der Waals surface area contributed by atoms with Crippen LogP contribution in [0, 0.1) is 14.9 Å². The number of non-ortho nitro benzene ring substituents is 1. The summed E-state index contributed by atoms with van der Waals surface area (Å²) in [5.74, 6) is 0.510. The Balaban J connectivity index is 1.64. The number of hydrogen-bond donors (Lipinski definition) is 1. The highest BCUT2D eigenvalue weighted by molar-refractivity contribution is 8.00. The first-order valence-corrected chi connectivity index (χ1v) is 11.5. The van der Waals surface area contributed by atoms with E-state index in [4.69, 9.17) is 51.8 Å². The Morgan fingerprint density at radius 1 is 1.25 bits per heavy atom. The molecule has 2 heterocycles. The van der Waals surface area contributed by atoms with Crippen molar-refractivity contribution in [1.29, 1.82) is 0 Å². The third-order valence-electron chi connectivity index (χ3n) is 4.47. The van der Waals surface area contributed by atoms with Gasteiger partial charge in [-0.2, -0.15) is 5.10 Å². The average molecular weight is 533 g/mol. The molecule has 1 fully saturated rings. The third kappa shape index (κ3) is 4.44. The highest BCUT2D eigenvalue weighted by Gasteiger charge is 2.36. The molecule has 1 unspecified atom stereocenters. The summed E-state index contributed by atoms with van der Waals surface area (Å²) in [5.41, 5.74) is 0.658. The highest BCUT2D eigenvalue weighted by atomic mass is 35.5. The van der Waals surface area contributed by atoms with Crippen LogP contribution in [0.25, 0.3) is 0 Å². The first-order valence-electron chi connectivity index (χ1n) is 8.88. The largest absolute Gasteiger partial charge is 0.482 e. The number of rotatable bonds is 6. The summed E-state index contributed by atoms with van der Waals surface area (Å²) in [4.78, 5) is 23.2.